The van der Waals surface area contributed by atoms with E-state index < -0.39 is 0 Å². The van der Waals surface area contributed by atoms with Gasteiger partial charge in [-0.05, 0) is 61.4 Å². The lowest BCUT2D eigenvalue weighted by molar-refractivity contribution is -0.131. The molecule has 0 aliphatic heterocycles. The predicted octanol–water partition coefficient (Wildman–Crippen LogP) is 4.42. The largest absolute Gasteiger partial charge is 0.497 e. The Morgan fingerprint density at radius 3 is 2.86 bits per heavy atom. The standard InChI is InChI=1S/C24H27N3O2/c1-16-20-9-4-5-10-22(20)26-23(25-16)15-27(2)24(28)14-18-8-6-7-17-13-19(29-3)11-12-21(17)18/h4-5,9-13,18H,6-8,14-15H2,1-3H3. The van der Waals surface area contributed by atoms with Crippen molar-refractivity contribution in [3.05, 3.63) is 65.1 Å². The number of para-hydroxylation sites is 1. The van der Waals surface area contributed by atoms with Gasteiger partial charge in [-0.1, -0.05) is 24.3 Å². The average molecular weight is 389 g/mol. The molecule has 1 aliphatic rings. The molecule has 150 valence electrons. The maximum Gasteiger partial charge on any atom is 0.223 e. The minimum absolute atomic E-state index is 0.132. The highest BCUT2D eigenvalue weighted by Crippen LogP contribution is 2.36. The van der Waals surface area contributed by atoms with Crippen LogP contribution < -0.4 is 4.74 Å². The van der Waals surface area contributed by atoms with Gasteiger partial charge in [0.15, 0.2) is 0 Å². The molecular weight excluding hydrogens is 362 g/mol. The minimum Gasteiger partial charge on any atom is -0.497 e. The van der Waals surface area contributed by atoms with Gasteiger partial charge in [0, 0.05) is 24.5 Å². The smallest absolute Gasteiger partial charge is 0.223 e. The Labute approximate surface area is 171 Å². The van der Waals surface area contributed by atoms with Gasteiger partial charge in [-0.2, -0.15) is 0 Å². The summed E-state index contributed by atoms with van der Waals surface area (Å²) in [7, 11) is 3.53. The fraction of sp³-hybridized carbons (Fsp3) is 0.375. The Morgan fingerprint density at radius 2 is 2.03 bits per heavy atom. The summed E-state index contributed by atoms with van der Waals surface area (Å²) in [5, 5.41) is 1.06. The van der Waals surface area contributed by atoms with Crippen molar-refractivity contribution >= 4 is 16.8 Å². The van der Waals surface area contributed by atoms with Gasteiger partial charge in [-0.25, -0.2) is 9.97 Å². The number of nitrogens with zero attached hydrogens (tertiary/aromatic N) is 3. The van der Waals surface area contributed by atoms with Crippen LogP contribution in [0, 0.1) is 6.92 Å². The molecule has 29 heavy (non-hydrogen) atoms. The molecule has 1 aromatic heterocycles. The summed E-state index contributed by atoms with van der Waals surface area (Å²) in [5.74, 6) is 1.97. The van der Waals surface area contributed by atoms with Gasteiger partial charge in [-0.15, -0.1) is 0 Å². The first kappa shape index (κ1) is 19.4. The van der Waals surface area contributed by atoms with Crippen molar-refractivity contribution in [2.75, 3.05) is 14.2 Å². The summed E-state index contributed by atoms with van der Waals surface area (Å²) >= 11 is 0. The number of aryl methyl sites for hydroxylation is 2. The summed E-state index contributed by atoms with van der Waals surface area (Å²) in [5.41, 5.74) is 4.47. The zero-order chi connectivity index (χ0) is 20.4. The van der Waals surface area contributed by atoms with Gasteiger partial charge in [0.05, 0.1) is 19.2 Å². The van der Waals surface area contributed by atoms with Gasteiger partial charge in [0.2, 0.25) is 5.91 Å². The van der Waals surface area contributed by atoms with Gasteiger partial charge < -0.3 is 9.64 Å². The van der Waals surface area contributed by atoms with E-state index in [0.29, 0.717) is 18.8 Å². The number of benzene rings is 2. The first-order valence-corrected chi connectivity index (χ1v) is 10.2. The molecule has 0 saturated heterocycles. The van der Waals surface area contributed by atoms with Crippen LogP contribution in [0.4, 0.5) is 0 Å². The third kappa shape index (κ3) is 4.09. The van der Waals surface area contributed by atoms with Crippen LogP contribution in [-0.4, -0.2) is 34.9 Å². The molecule has 0 radical (unpaired) electrons. The highest BCUT2D eigenvalue weighted by molar-refractivity contribution is 5.80. The van der Waals surface area contributed by atoms with Crippen molar-refractivity contribution in [1.82, 2.24) is 14.9 Å². The van der Waals surface area contributed by atoms with E-state index in [-0.39, 0.29) is 11.8 Å². The number of carbonyl (C=O) groups excluding carboxylic acids is 1. The van der Waals surface area contributed by atoms with E-state index in [4.69, 9.17) is 4.74 Å². The molecule has 5 nitrogen and oxygen atoms in total. The normalized spacial score (nSPS) is 15.8. The second-order valence-corrected chi connectivity index (χ2v) is 7.85. The zero-order valence-electron chi connectivity index (χ0n) is 17.3. The second kappa shape index (κ2) is 8.19. The molecule has 0 N–H and O–H groups in total. The molecule has 0 spiro atoms. The zero-order valence-corrected chi connectivity index (χ0v) is 17.3. The molecule has 0 fully saturated rings. The van der Waals surface area contributed by atoms with E-state index in [2.05, 4.69) is 22.1 Å². The maximum atomic E-state index is 12.9. The van der Waals surface area contributed by atoms with Gasteiger partial charge in [-0.3, -0.25) is 4.79 Å². The number of hydrogen-bond acceptors (Lipinski definition) is 4. The molecule has 1 aliphatic carbocycles. The number of amides is 1. The Hall–Kier alpha value is -2.95. The molecule has 0 saturated carbocycles. The predicted molar refractivity (Wildman–Crippen MR) is 114 cm³/mol. The SMILES string of the molecule is COc1ccc2c(c1)CCCC2CC(=O)N(C)Cc1nc(C)c2ccccc2n1. The molecular formula is C24H27N3O2. The van der Waals surface area contributed by atoms with Crippen LogP contribution in [-0.2, 0) is 17.8 Å². The van der Waals surface area contributed by atoms with Crippen LogP contribution >= 0.6 is 0 Å². The molecule has 5 heteroatoms. The van der Waals surface area contributed by atoms with Crippen molar-refractivity contribution in [1.29, 1.82) is 0 Å². The number of fused-ring (bicyclic) bond motifs is 2. The minimum atomic E-state index is 0.132. The quantitative estimate of drug-likeness (QED) is 0.648. The molecule has 2 aromatic carbocycles. The first-order valence-electron chi connectivity index (χ1n) is 10.2. The number of ether oxygens (including phenoxy) is 1. The third-order valence-electron chi connectivity index (χ3n) is 5.85. The van der Waals surface area contributed by atoms with E-state index in [1.165, 1.54) is 11.1 Å². The number of carbonyl (C=O) groups is 1. The van der Waals surface area contributed by atoms with E-state index in [1.807, 2.05) is 44.3 Å². The topological polar surface area (TPSA) is 55.3 Å². The molecule has 4 rings (SSSR count). The number of hydrogen-bond donors (Lipinski definition) is 0. The maximum absolute atomic E-state index is 12.9. The summed E-state index contributed by atoms with van der Waals surface area (Å²) in [6.07, 6.45) is 3.72. The second-order valence-electron chi connectivity index (χ2n) is 7.85. The highest BCUT2D eigenvalue weighted by atomic mass is 16.5. The fourth-order valence-corrected chi connectivity index (χ4v) is 4.26. The third-order valence-corrected chi connectivity index (χ3v) is 5.85. The Bertz CT molecular complexity index is 1050. The fourth-order valence-electron chi connectivity index (χ4n) is 4.26. The lowest BCUT2D eigenvalue weighted by Gasteiger charge is -2.27. The van der Waals surface area contributed by atoms with Crippen molar-refractivity contribution in [2.24, 2.45) is 0 Å². The van der Waals surface area contributed by atoms with Gasteiger partial charge >= 0.3 is 0 Å². The number of methoxy groups -OCH3 is 1. The van der Waals surface area contributed by atoms with Crippen LogP contribution in [0.2, 0.25) is 0 Å². The van der Waals surface area contributed by atoms with E-state index in [9.17, 15) is 4.79 Å². The van der Waals surface area contributed by atoms with Crippen LogP contribution in [0.15, 0.2) is 42.5 Å². The Kier molecular flexibility index (Phi) is 5.47. The monoisotopic (exact) mass is 389 g/mol. The molecule has 3 aromatic rings. The molecule has 1 heterocycles. The number of rotatable bonds is 5. The van der Waals surface area contributed by atoms with Crippen LogP contribution in [0.25, 0.3) is 10.9 Å². The van der Waals surface area contributed by atoms with Crippen LogP contribution in [0.5, 0.6) is 5.75 Å². The number of aromatic nitrogens is 2. The van der Waals surface area contributed by atoms with Crippen LogP contribution in [0.3, 0.4) is 0 Å². The first-order chi connectivity index (χ1) is 14.0. The molecule has 1 unspecified atom stereocenters. The van der Waals surface area contributed by atoms with E-state index in [0.717, 1.165) is 41.6 Å². The van der Waals surface area contributed by atoms with Crippen molar-refractivity contribution in [3.63, 3.8) is 0 Å². The van der Waals surface area contributed by atoms with Crippen molar-refractivity contribution < 1.29 is 9.53 Å². The molecule has 1 amide bonds. The Morgan fingerprint density at radius 1 is 1.21 bits per heavy atom. The van der Waals surface area contributed by atoms with E-state index in [1.54, 1.807) is 12.0 Å². The van der Waals surface area contributed by atoms with E-state index >= 15 is 0 Å². The van der Waals surface area contributed by atoms with Crippen LogP contribution in [0.1, 0.15) is 47.8 Å². The van der Waals surface area contributed by atoms with Gasteiger partial charge in [0.25, 0.3) is 0 Å². The average Bonchev–Trinajstić information content (AvgIpc) is 2.73. The van der Waals surface area contributed by atoms with Gasteiger partial charge in [0.1, 0.15) is 11.6 Å². The summed E-state index contributed by atoms with van der Waals surface area (Å²) < 4.78 is 5.35. The molecule has 0 bridgehead atoms. The summed E-state index contributed by atoms with van der Waals surface area (Å²) in [6, 6.07) is 14.2. The summed E-state index contributed by atoms with van der Waals surface area (Å²) in [4.78, 5) is 23.9. The molecule has 1 atom stereocenters. The van der Waals surface area contributed by atoms with Crippen molar-refractivity contribution in [3.8, 4) is 5.75 Å². The summed E-state index contributed by atoms with van der Waals surface area (Å²) in [6.45, 7) is 2.41. The lowest BCUT2D eigenvalue weighted by Crippen LogP contribution is -2.29. The Balaban J connectivity index is 1.47. The lowest BCUT2D eigenvalue weighted by atomic mass is 9.81. The van der Waals surface area contributed by atoms with Crippen molar-refractivity contribution in [2.45, 2.75) is 45.1 Å². The highest BCUT2D eigenvalue weighted by Gasteiger charge is 2.24.